The zero-order valence-corrected chi connectivity index (χ0v) is 15.4. The number of amides is 3. The van der Waals surface area contributed by atoms with Crippen LogP contribution in [0.2, 0.25) is 0 Å². The van der Waals surface area contributed by atoms with Gasteiger partial charge in [0.15, 0.2) is 0 Å². The number of carbonyl (C=O) groups excluding carboxylic acids is 3. The predicted molar refractivity (Wildman–Crippen MR) is 107 cm³/mol. The van der Waals surface area contributed by atoms with Crippen molar-refractivity contribution in [2.75, 3.05) is 16.0 Å². The fourth-order valence-corrected chi connectivity index (χ4v) is 2.51. The smallest absolute Gasteiger partial charge is 0.274 e. The summed E-state index contributed by atoms with van der Waals surface area (Å²) in [6.07, 6.45) is 1.35. The van der Waals surface area contributed by atoms with Gasteiger partial charge in [-0.1, -0.05) is 6.07 Å². The van der Waals surface area contributed by atoms with E-state index in [1.807, 2.05) is 0 Å². The van der Waals surface area contributed by atoms with Gasteiger partial charge in [-0.15, -0.1) is 0 Å². The number of halogens is 1. The molecule has 2 aromatic carbocycles. The normalized spacial score (nSPS) is 10.1. The maximum Gasteiger partial charge on any atom is 0.274 e. The first-order chi connectivity index (χ1) is 13.9. The lowest BCUT2D eigenvalue weighted by Crippen LogP contribution is -2.17. The Bertz CT molecular complexity index is 1070. The second-order valence-electron chi connectivity index (χ2n) is 6.11. The van der Waals surface area contributed by atoms with Crippen LogP contribution in [-0.2, 0) is 4.79 Å². The fraction of sp³-hybridized carbons (Fsp3) is 0.0476. The molecule has 3 aromatic rings. The summed E-state index contributed by atoms with van der Waals surface area (Å²) in [6, 6.07) is 14.8. The first-order valence-electron chi connectivity index (χ1n) is 8.63. The van der Waals surface area contributed by atoms with Gasteiger partial charge in [-0.3, -0.25) is 19.4 Å². The number of anilines is 3. The van der Waals surface area contributed by atoms with E-state index in [4.69, 9.17) is 0 Å². The zero-order valence-electron chi connectivity index (χ0n) is 15.4. The van der Waals surface area contributed by atoms with Crippen molar-refractivity contribution in [3.8, 4) is 0 Å². The number of nitrogens with zero attached hydrogens (tertiary/aromatic N) is 1. The Labute approximate surface area is 166 Å². The minimum absolute atomic E-state index is 0.0361. The molecule has 7 nitrogen and oxygen atoms in total. The summed E-state index contributed by atoms with van der Waals surface area (Å²) in [5, 5.41) is 7.92. The van der Waals surface area contributed by atoms with E-state index < -0.39 is 17.6 Å². The van der Waals surface area contributed by atoms with Gasteiger partial charge >= 0.3 is 0 Å². The van der Waals surface area contributed by atoms with E-state index in [9.17, 15) is 18.8 Å². The number of aromatic nitrogens is 1. The molecule has 0 aliphatic heterocycles. The molecular weight excluding hydrogens is 375 g/mol. The number of hydrogen-bond acceptors (Lipinski definition) is 4. The van der Waals surface area contributed by atoms with Crippen LogP contribution < -0.4 is 16.0 Å². The van der Waals surface area contributed by atoms with E-state index in [1.165, 1.54) is 49.5 Å². The Morgan fingerprint density at radius 2 is 1.45 bits per heavy atom. The Balaban J connectivity index is 1.71. The maximum atomic E-state index is 13.0. The molecule has 0 spiro atoms. The summed E-state index contributed by atoms with van der Waals surface area (Å²) in [5.41, 5.74) is 1.70. The zero-order chi connectivity index (χ0) is 20.8. The minimum Gasteiger partial charge on any atom is -0.326 e. The third-order valence-electron chi connectivity index (χ3n) is 3.80. The van der Waals surface area contributed by atoms with Crippen molar-refractivity contribution in [2.45, 2.75) is 6.92 Å². The third-order valence-corrected chi connectivity index (χ3v) is 3.80. The number of nitrogens with one attached hydrogen (secondary N) is 3. The molecule has 29 heavy (non-hydrogen) atoms. The van der Waals surface area contributed by atoms with E-state index in [1.54, 1.807) is 24.3 Å². The summed E-state index contributed by atoms with van der Waals surface area (Å²) in [7, 11) is 0. The fourth-order valence-electron chi connectivity index (χ4n) is 2.51. The molecule has 0 radical (unpaired) electrons. The molecular formula is C21H17FN4O3. The van der Waals surface area contributed by atoms with Gasteiger partial charge in [0.05, 0.1) is 0 Å². The monoisotopic (exact) mass is 392 g/mol. The summed E-state index contributed by atoms with van der Waals surface area (Å²) >= 11 is 0. The highest BCUT2D eigenvalue weighted by atomic mass is 19.1. The van der Waals surface area contributed by atoms with Crippen molar-refractivity contribution in [2.24, 2.45) is 0 Å². The van der Waals surface area contributed by atoms with E-state index in [0.717, 1.165) is 0 Å². The largest absolute Gasteiger partial charge is 0.326 e. The second kappa shape index (κ2) is 8.75. The van der Waals surface area contributed by atoms with E-state index in [-0.39, 0.29) is 17.2 Å². The highest BCUT2D eigenvalue weighted by Crippen LogP contribution is 2.17. The second-order valence-corrected chi connectivity index (χ2v) is 6.11. The van der Waals surface area contributed by atoms with E-state index >= 15 is 0 Å². The Morgan fingerprint density at radius 1 is 0.793 bits per heavy atom. The molecule has 146 valence electrons. The van der Waals surface area contributed by atoms with Crippen LogP contribution in [0.5, 0.6) is 0 Å². The molecule has 1 heterocycles. The molecule has 8 heteroatoms. The van der Waals surface area contributed by atoms with Crippen LogP contribution in [0.25, 0.3) is 0 Å². The van der Waals surface area contributed by atoms with Crippen LogP contribution in [0.4, 0.5) is 21.5 Å². The van der Waals surface area contributed by atoms with Gasteiger partial charge in [0.2, 0.25) is 5.91 Å². The van der Waals surface area contributed by atoms with Gasteiger partial charge in [-0.25, -0.2) is 4.39 Å². The number of benzene rings is 2. The molecule has 3 N–H and O–H groups in total. The van der Waals surface area contributed by atoms with Gasteiger partial charge in [-0.2, -0.15) is 0 Å². The number of pyridine rings is 1. The number of carbonyl (C=O) groups is 3. The van der Waals surface area contributed by atoms with Crippen molar-refractivity contribution in [1.29, 1.82) is 0 Å². The summed E-state index contributed by atoms with van der Waals surface area (Å²) in [5.74, 6) is -1.61. The molecule has 0 fully saturated rings. The number of rotatable bonds is 5. The van der Waals surface area contributed by atoms with Crippen LogP contribution in [0.15, 0.2) is 66.9 Å². The van der Waals surface area contributed by atoms with Crippen molar-refractivity contribution >= 4 is 34.8 Å². The first kappa shape index (κ1) is 19.7. The summed E-state index contributed by atoms with van der Waals surface area (Å²) in [6.45, 7) is 1.39. The highest BCUT2D eigenvalue weighted by Gasteiger charge is 2.13. The van der Waals surface area contributed by atoms with E-state index in [0.29, 0.717) is 17.1 Å². The average Bonchev–Trinajstić information content (AvgIpc) is 2.69. The molecule has 0 atom stereocenters. The van der Waals surface area contributed by atoms with Crippen LogP contribution in [0.1, 0.15) is 27.8 Å². The summed E-state index contributed by atoms with van der Waals surface area (Å²) in [4.78, 5) is 40.0. The quantitative estimate of drug-likeness (QED) is 0.617. The average molecular weight is 392 g/mol. The molecule has 0 saturated heterocycles. The van der Waals surface area contributed by atoms with Crippen molar-refractivity contribution < 1.29 is 18.8 Å². The first-order valence-corrected chi connectivity index (χ1v) is 8.63. The lowest BCUT2D eigenvalue weighted by atomic mass is 10.2. The molecule has 0 aliphatic rings. The predicted octanol–water partition coefficient (Wildman–Crippen LogP) is 3.68. The van der Waals surface area contributed by atoms with Gasteiger partial charge in [-0.05, 0) is 54.6 Å². The minimum atomic E-state index is -0.529. The highest BCUT2D eigenvalue weighted by molar-refractivity contribution is 6.08. The SMILES string of the molecule is CC(=O)Nc1cccc(NC(=O)c2ccnc(C(=O)Nc3ccc(F)cc3)c2)c1. The van der Waals surface area contributed by atoms with Crippen LogP contribution in [-0.4, -0.2) is 22.7 Å². The topological polar surface area (TPSA) is 100 Å². The standard InChI is InChI=1S/C21H17FN4O3/c1-13(27)24-17-3-2-4-18(12-17)26-20(28)14-9-10-23-19(11-14)21(29)25-16-7-5-15(22)6-8-16/h2-12H,1H3,(H,24,27)(H,25,29)(H,26,28). The number of hydrogen-bond donors (Lipinski definition) is 3. The Hall–Kier alpha value is -4.07. The molecule has 0 saturated carbocycles. The molecule has 3 rings (SSSR count). The van der Waals surface area contributed by atoms with Crippen LogP contribution in [0, 0.1) is 5.82 Å². The molecule has 0 unspecified atom stereocenters. The van der Waals surface area contributed by atoms with Gasteiger partial charge in [0.25, 0.3) is 11.8 Å². The lowest BCUT2D eigenvalue weighted by Gasteiger charge is -2.09. The molecule has 0 bridgehead atoms. The van der Waals surface area contributed by atoms with Crippen molar-refractivity contribution in [3.63, 3.8) is 0 Å². The van der Waals surface area contributed by atoms with Gasteiger partial charge < -0.3 is 16.0 Å². The Kier molecular flexibility index (Phi) is 5.94. The maximum absolute atomic E-state index is 13.0. The van der Waals surface area contributed by atoms with Gasteiger partial charge in [0, 0.05) is 35.7 Å². The summed E-state index contributed by atoms with van der Waals surface area (Å²) < 4.78 is 13.0. The van der Waals surface area contributed by atoms with Crippen LogP contribution in [0.3, 0.4) is 0 Å². The molecule has 0 aliphatic carbocycles. The molecule has 3 amide bonds. The van der Waals surface area contributed by atoms with Crippen molar-refractivity contribution in [3.05, 3.63) is 83.9 Å². The third kappa shape index (κ3) is 5.46. The van der Waals surface area contributed by atoms with Crippen molar-refractivity contribution in [1.82, 2.24) is 4.98 Å². The molecule has 1 aromatic heterocycles. The Morgan fingerprint density at radius 3 is 2.14 bits per heavy atom. The van der Waals surface area contributed by atoms with E-state index in [2.05, 4.69) is 20.9 Å². The van der Waals surface area contributed by atoms with Gasteiger partial charge in [0.1, 0.15) is 11.5 Å². The lowest BCUT2D eigenvalue weighted by molar-refractivity contribution is -0.114. The van der Waals surface area contributed by atoms with Crippen LogP contribution >= 0.6 is 0 Å².